The van der Waals surface area contributed by atoms with E-state index < -0.39 is 0 Å². The molecule has 0 radical (unpaired) electrons. The monoisotopic (exact) mass is 278 g/mol. The molecule has 0 unspecified atom stereocenters. The minimum atomic E-state index is 0.0822. The number of aryl methyl sites for hydroxylation is 3. The first-order chi connectivity index (χ1) is 9.69. The molecule has 0 aliphatic rings. The Labute approximate surface area is 118 Å². The first-order valence-electron chi connectivity index (χ1n) is 6.90. The highest BCUT2D eigenvalue weighted by Crippen LogP contribution is 2.02. The van der Waals surface area contributed by atoms with E-state index in [0.717, 1.165) is 30.9 Å². The van der Waals surface area contributed by atoms with Gasteiger partial charge in [-0.1, -0.05) is 5.21 Å². The molecule has 2 heterocycles. The largest absolute Gasteiger partial charge is 0.394 e. The third-order valence-electron chi connectivity index (χ3n) is 3.05. The third kappa shape index (κ3) is 4.14. The second kappa shape index (κ2) is 7.16. The van der Waals surface area contributed by atoms with Gasteiger partial charge in [0.1, 0.15) is 0 Å². The van der Waals surface area contributed by atoms with Gasteiger partial charge in [0.2, 0.25) is 0 Å². The summed E-state index contributed by atoms with van der Waals surface area (Å²) in [6.45, 7) is 7.19. The molecule has 2 rings (SSSR count). The Bertz CT molecular complexity index is 533. The predicted octanol–water partition coefficient (Wildman–Crippen LogP) is 0.264. The third-order valence-corrected chi connectivity index (χ3v) is 3.05. The van der Waals surface area contributed by atoms with Gasteiger partial charge >= 0.3 is 0 Å². The summed E-state index contributed by atoms with van der Waals surface area (Å²) in [6, 6.07) is 2.09. The summed E-state index contributed by atoms with van der Waals surface area (Å²) in [5, 5.41) is 24.5. The maximum absolute atomic E-state index is 8.79. The minimum absolute atomic E-state index is 0.0822. The zero-order valence-corrected chi connectivity index (χ0v) is 12.1. The van der Waals surface area contributed by atoms with E-state index in [2.05, 4.69) is 33.7 Å². The predicted molar refractivity (Wildman–Crippen MR) is 75.1 cm³/mol. The second-order valence-electron chi connectivity index (χ2n) is 4.88. The molecule has 0 aliphatic carbocycles. The molecule has 0 spiro atoms. The number of aromatic nitrogens is 5. The van der Waals surface area contributed by atoms with Crippen LogP contribution in [0.25, 0.3) is 0 Å². The van der Waals surface area contributed by atoms with Crippen LogP contribution in [0.15, 0.2) is 12.3 Å². The lowest BCUT2D eigenvalue weighted by atomic mass is 10.3. The standard InChI is InChI=1S/C13H22N6O/c1-11-8-12(2)19(16-11)5-3-4-14-9-13-10-18(6-7-20)17-15-13/h8,10,14,20H,3-7,9H2,1-2H3. The van der Waals surface area contributed by atoms with Crippen LogP contribution in [0.2, 0.25) is 0 Å². The van der Waals surface area contributed by atoms with Crippen LogP contribution in [0.3, 0.4) is 0 Å². The van der Waals surface area contributed by atoms with Crippen molar-refractivity contribution in [2.24, 2.45) is 0 Å². The van der Waals surface area contributed by atoms with E-state index in [1.165, 1.54) is 5.69 Å². The van der Waals surface area contributed by atoms with Gasteiger partial charge in [0.15, 0.2) is 0 Å². The molecule has 20 heavy (non-hydrogen) atoms. The van der Waals surface area contributed by atoms with E-state index >= 15 is 0 Å². The van der Waals surface area contributed by atoms with E-state index in [-0.39, 0.29) is 6.61 Å². The summed E-state index contributed by atoms with van der Waals surface area (Å²) in [5.41, 5.74) is 3.16. The van der Waals surface area contributed by atoms with Crippen molar-refractivity contribution in [2.75, 3.05) is 13.2 Å². The molecule has 0 atom stereocenters. The molecule has 0 fully saturated rings. The van der Waals surface area contributed by atoms with Crippen LogP contribution in [0.5, 0.6) is 0 Å². The van der Waals surface area contributed by atoms with E-state index in [0.29, 0.717) is 13.1 Å². The highest BCUT2D eigenvalue weighted by atomic mass is 16.3. The zero-order valence-electron chi connectivity index (χ0n) is 12.1. The van der Waals surface area contributed by atoms with Gasteiger partial charge in [-0.2, -0.15) is 5.10 Å². The lowest BCUT2D eigenvalue weighted by molar-refractivity contribution is 0.268. The summed E-state index contributed by atoms with van der Waals surface area (Å²) in [4.78, 5) is 0. The van der Waals surface area contributed by atoms with Gasteiger partial charge in [0.25, 0.3) is 0 Å². The van der Waals surface area contributed by atoms with E-state index in [1.807, 2.05) is 17.8 Å². The fourth-order valence-electron chi connectivity index (χ4n) is 2.10. The topological polar surface area (TPSA) is 80.8 Å². The zero-order chi connectivity index (χ0) is 14.4. The number of hydrogen-bond acceptors (Lipinski definition) is 5. The summed E-state index contributed by atoms with van der Waals surface area (Å²) in [7, 11) is 0. The van der Waals surface area contributed by atoms with Gasteiger partial charge in [0.05, 0.1) is 24.5 Å². The van der Waals surface area contributed by atoms with Crippen molar-refractivity contribution in [3.63, 3.8) is 0 Å². The molecule has 0 aromatic carbocycles. The highest BCUT2D eigenvalue weighted by Gasteiger charge is 2.01. The molecular formula is C13H22N6O. The molecule has 0 saturated carbocycles. The molecule has 0 aliphatic heterocycles. The average Bonchev–Trinajstić information content (AvgIpc) is 2.97. The Balaban J connectivity index is 1.65. The summed E-state index contributed by atoms with van der Waals surface area (Å²) in [5.74, 6) is 0. The van der Waals surface area contributed by atoms with Gasteiger partial charge in [-0.25, -0.2) is 4.68 Å². The molecule has 2 aromatic rings. The Morgan fingerprint density at radius 3 is 2.85 bits per heavy atom. The maximum Gasteiger partial charge on any atom is 0.0964 e. The van der Waals surface area contributed by atoms with E-state index in [4.69, 9.17) is 5.11 Å². The van der Waals surface area contributed by atoms with Crippen molar-refractivity contribution in [3.8, 4) is 0 Å². The normalized spacial score (nSPS) is 11.2. The van der Waals surface area contributed by atoms with Crippen LogP contribution in [-0.2, 0) is 19.6 Å². The fraction of sp³-hybridized carbons (Fsp3) is 0.615. The molecule has 7 nitrogen and oxygen atoms in total. The summed E-state index contributed by atoms with van der Waals surface area (Å²) >= 11 is 0. The first kappa shape index (κ1) is 14.7. The van der Waals surface area contributed by atoms with Crippen LogP contribution in [0.4, 0.5) is 0 Å². The number of nitrogens with one attached hydrogen (secondary N) is 1. The molecule has 0 saturated heterocycles. The SMILES string of the molecule is Cc1cc(C)n(CCCNCc2cn(CCO)nn2)n1. The molecule has 110 valence electrons. The number of aliphatic hydroxyl groups excluding tert-OH is 1. The lowest BCUT2D eigenvalue weighted by Crippen LogP contribution is -2.17. The van der Waals surface area contributed by atoms with Crippen molar-refractivity contribution in [2.45, 2.75) is 39.9 Å². The van der Waals surface area contributed by atoms with Crippen molar-refractivity contribution < 1.29 is 5.11 Å². The van der Waals surface area contributed by atoms with Gasteiger partial charge in [0, 0.05) is 25.0 Å². The smallest absolute Gasteiger partial charge is 0.0964 e. The quantitative estimate of drug-likeness (QED) is 0.677. The molecular weight excluding hydrogens is 256 g/mol. The van der Waals surface area contributed by atoms with Crippen LogP contribution in [-0.4, -0.2) is 43.0 Å². The van der Waals surface area contributed by atoms with E-state index in [1.54, 1.807) is 4.68 Å². The molecule has 2 N–H and O–H groups in total. The van der Waals surface area contributed by atoms with Gasteiger partial charge in [-0.3, -0.25) is 4.68 Å². The van der Waals surface area contributed by atoms with Crippen molar-refractivity contribution in [1.29, 1.82) is 0 Å². The van der Waals surface area contributed by atoms with Crippen molar-refractivity contribution in [3.05, 3.63) is 29.3 Å². The Morgan fingerprint density at radius 2 is 2.15 bits per heavy atom. The van der Waals surface area contributed by atoms with Crippen LogP contribution in [0, 0.1) is 13.8 Å². The van der Waals surface area contributed by atoms with Crippen LogP contribution >= 0.6 is 0 Å². The maximum atomic E-state index is 8.79. The molecule has 0 bridgehead atoms. The van der Waals surface area contributed by atoms with Crippen LogP contribution < -0.4 is 5.32 Å². The number of hydrogen-bond donors (Lipinski definition) is 2. The van der Waals surface area contributed by atoms with Crippen molar-refractivity contribution in [1.82, 2.24) is 30.1 Å². The first-order valence-corrected chi connectivity index (χ1v) is 6.90. The molecule has 0 amide bonds. The van der Waals surface area contributed by atoms with E-state index in [9.17, 15) is 0 Å². The minimum Gasteiger partial charge on any atom is -0.394 e. The summed E-state index contributed by atoms with van der Waals surface area (Å²) < 4.78 is 3.68. The lowest BCUT2D eigenvalue weighted by Gasteiger charge is -2.05. The average molecular weight is 278 g/mol. The highest BCUT2D eigenvalue weighted by molar-refractivity contribution is 5.06. The second-order valence-corrected chi connectivity index (χ2v) is 4.88. The summed E-state index contributed by atoms with van der Waals surface area (Å²) in [6.07, 6.45) is 2.87. The molecule has 7 heteroatoms. The Morgan fingerprint density at radius 1 is 1.30 bits per heavy atom. The molecule has 2 aromatic heterocycles. The van der Waals surface area contributed by atoms with Gasteiger partial charge < -0.3 is 10.4 Å². The van der Waals surface area contributed by atoms with Crippen LogP contribution in [0.1, 0.15) is 23.5 Å². The van der Waals surface area contributed by atoms with Gasteiger partial charge in [-0.05, 0) is 32.9 Å². The Hall–Kier alpha value is -1.73. The number of aliphatic hydroxyl groups is 1. The number of rotatable bonds is 8. The number of nitrogens with zero attached hydrogens (tertiary/aromatic N) is 5. The van der Waals surface area contributed by atoms with Gasteiger partial charge in [-0.15, -0.1) is 5.10 Å². The van der Waals surface area contributed by atoms with Crippen molar-refractivity contribution >= 4 is 0 Å². The Kier molecular flexibility index (Phi) is 5.25. The fourth-order valence-corrected chi connectivity index (χ4v) is 2.10.